The van der Waals surface area contributed by atoms with Crippen molar-refractivity contribution in [2.75, 3.05) is 13.2 Å². The van der Waals surface area contributed by atoms with Crippen molar-refractivity contribution in [3.05, 3.63) is 0 Å². The summed E-state index contributed by atoms with van der Waals surface area (Å²) in [6.45, 7) is 9.02. The minimum Gasteiger partial charge on any atom is -0.390 e. The number of hydrogen-bond donors (Lipinski definition) is 2. The van der Waals surface area contributed by atoms with Crippen LogP contribution in [-0.2, 0) is 4.74 Å². The van der Waals surface area contributed by atoms with Crippen molar-refractivity contribution in [3.8, 4) is 0 Å². The molecule has 0 aliphatic carbocycles. The first-order valence-corrected chi connectivity index (χ1v) is 5.33. The molecular formula is C11H25NO2. The molecule has 0 rings (SSSR count). The summed E-state index contributed by atoms with van der Waals surface area (Å²) in [6, 6.07) is 0. The van der Waals surface area contributed by atoms with Gasteiger partial charge in [-0.05, 0) is 53.5 Å². The first-order chi connectivity index (χ1) is 6.27. The summed E-state index contributed by atoms with van der Waals surface area (Å²) in [7, 11) is 0. The van der Waals surface area contributed by atoms with Gasteiger partial charge in [0.25, 0.3) is 0 Å². The molecule has 0 saturated carbocycles. The van der Waals surface area contributed by atoms with E-state index in [1.807, 2.05) is 0 Å². The lowest BCUT2D eigenvalue weighted by atomic mass is 10.0. The molecule has 0 aromatic carbocycles. The molecule has 0 aromatic heterocycles. The standard InChI is InChI=1S/C11H25NO2/c1-10(2,13)7-9-14-11(3,4)6-5-8-12/h13H,5-9,12H2,1-4H3. The third-order valence-electron chi connectivity index (χ3n) is 2.19. The molecule has 0 aromatic rings. The topological polar surface area (TPSA) is 55.5 Å². The maximum Gasteiger partial charge on any atom is 0.0627 e. The van der Waals surface area contributed by atoms with Gasteiger partial charge in [0.15, 0.2) is 0 Å². The van der Waals surface area contributed by atoms with E-state index in [1.54, 1.807) is 13.8 Å². The summed E-state index contributed by atoms with van der Waals surface area (Å²) in [5.41, 5.74) is 4.68. The Labute approximate surface area is 87.6 Å². The fourth-order valence-electron chi connectivity index (χ4n) is 1.18. The van der Waals surface area contributed by atoms with Gasteiger partial charge in [0.05, 0.1) is 17.8 Å². The molecule has 0 heterocycles. The van der Waals surface area contributed by atoms with Crippen LogP contribution < -0.4 is 5.73 Å². The Kier molecular flexibility index (Phi) is 5.64. The van der Waals surface area contributed by atoms with Crippen molar-refractivity contribution in [3.63, 3.8) is 0 Å². The summed E-state index contributed by atoms with van der Waals surface area (Å²) >= 11 is 0. The molecule has 3 N–H and O–H groups in total. The zero-order valence-corrected chi connectivity index (χ0v) is 9.97. The summed E-state index contributed by atoms with van der Waals surface area (Å²) in [5, 5.41) is 9.49. The molecule has 0 amide bonds. The molecule has 0 fully saturated rings. The molecule has 0 spiro atoms. The zero-order valence-electron chi connectivity index (χ0n) is 9.97. The molecule has 0 unspecified atom stereocenters. The van der Waals surface area contributed by atoms with Gasteiger partial charge in [-0.3, -0.25) is 0 Å². The van der Waals surface area contributed by atoms with Crippen LogP contribution in [0.4, 0.5) is 0 Å². The normalized spacial score (nSPS) is 13.3. The third-order valence-corrected chi connectivity index (χ3v) is 2.19. The van der Waals surface area contributed by atoms with Crippen LogP contribution in [0, 0.1) is 0 Å². The van der Waals surface area contributed by atoms with E-state index in [0.29, 0.717) is 19.6 Å². The van der Waals surface area contributed by atoms with Gasteiger partial charge in [-0.2, -0.15) is 0 Å². The van der Waals surface area contributed by atoms with Crippen molar-refractivity contribution in [1.82, 2.24) is 0 Å². The molecule has 0 aliphatic rings. The lowest BCUT2D eigenvalue weighted by Crippen LogP contribution is -2.29. The Morgan fingerprint density at radius 1 is 1.14 bits per heavy atom. The molecule has 3 nitrogen and oxygen atoms in total. The predicted molar refractivity (Wildman–Crippen MR) is 59.2 cm³/mol. The van der Waals surface area contributed by atoms with E-state index in [1.165, 1.54) is 0 Å². The second kappa shape index (κ2) is 5.69. The van der Waals surface area contributed by atoms with E-state index in [0.717, 1.165) is 12.8 Å². The molecule has 14 heavy (non-hydrogen) atoms. The van der Waals surface area contributed by atoms with Crippen LogP contribution in [0.25, 0.3) is 0 Å². The van der Waals surface area contributed by atoms with Crippen molar-refractivity contribution in [1.29, 1.82) is 0 Å². The van der Waals surface area contributed by atoms with Gasteiger partial charge >= 0.3 is 0 Å². The fraction of sp³-hybridized carbons (Fsp3) is 1.00. The monoisotopic (exact) mass is 203 g/mol. The third kappa shape index (κ3) is 8.48. The lowest BCUT2D eigenvalue weighted by molar-refractivity contribution is -0.0504. The number of hydrogen-bond acceptors (Lipinski definition) is 3. The zero-order chi connectivity index (χ0) is 11.2. The van der Waals surface area contributed by atoms with Crippen LogP contribution in [0.2, 0.25) is 0 Å². The molecule has 3 heteroatoms. The summed E-state index contributed by atoms with van der Waals surface area (Å²) in [6.07, 6.45) is 2.62. The van der Waals surface area contributed by atoms with Gasteiger partial charge < -0.3 is 15.6 Å². The molecule has 0 aliphatic heterocycles. The minimum absolute atomic E-state index is 0.120. The fourth-order valence-corrected chi connectivity index (χ4v) is 1.18. The second-order valence-corrected chi connectivity index (χ2v) is 5.06. The van der Waals surface area contributed by atoms with Gasteiger partial charge in [0.2, 0.25) is 0 Å². The van der Waals surface area contributed by atoms with Gasteiger partial charge in [-0.1, -0.05) is 0 Å². The van der Waals surface area contributed by atoms with E-state index in [9.17, 15) is 5.11 Å². The lowest BCUT2D eigenvalue weighted by Gasteiger charge is -2.27. The summed E-state index contributed by atoms with van der Waals surface area (Å²) in [5.74, 6) is 0. The quantitative estimate of drug-likeness (QED) is 0.662. The molecule has 86 valence electrons. The molecule has 0 bridgehead atoms. The van der Waals surface area contributed by atoms with Gasteiger partial charge in [-0.15, -0.1) is 0 Å². The van der Waals surface area contributed by atoms with Crippen molar-refractivity contribution >= 4 is 0 Å². The van der Waals surface area contributed by atoms with Crippen molar-refractivity contribution in [2.24, 2.45) is 5.73 Å². The highest BCUT2D eigenvalue weighted by Crippen LogP contribution is 2.18. The molecule has 0 saturated heterocycles. The SMILES string of the molecule is CC(C)(O)CCOC(C)(C)CCCN. The first kappa shape index (κ1) is 13.9. The van der Waals surface area contributed by atoms with E-state index >= 15 is 0 Å². The predicted octanol–water partition coefficient (Wildman–Crippen LogP) is 1.68. The van der Waals surface area contributed by atoms with Crippen LogP contribution >= 0.6 is 0 Å². The number of nitrogens with two attached hydrogens (primary N) is 1. The van der Waals surface area contributed by atoms with Crippen molar-refractivity contribution in [2.45, 2.75) is 58.2 Å². The first-order valence-electron chi connectivity index (χ1n) is 5.33. The summed E-state index contributed by atoms with van der Waals surface area (Å²) in [4.78, 5) is 0. The molecule has 0 atom stereocenters. The second-order valence-electron chi connectivity index (χ2n) is 5.06. The van der Waals surface area contributed by atoms with Crippen LogP contribution in [-0.4, -0.2) is 29.5 Å². The maximum absolute atomic E-state index is 9.49. The number of aliphatic hydroxyl groups is 1. The smallest absolute Gasteiger partial charge is 0.0627 e. The Morgan fingerprint density at radius 3 is 2.14 bits per heavy atom. The highest BCUT2D eigenvalue weighted by atomic mass is 16.5. The average molecular weight is 203 g/mol. The minimum atomic E-state index is -0.635. The van der Waals surface area contributed by atoms with E-state index in [-0.39, 0.29) is 5.60 Å². The van der Waals surface area contributed by atoms with Gasteiger partial charge in [0, 0.05) is 0 Å². The highest BCUT2D eigenvalue weighted by molar-refractivity contribution is 4.70. The van der Waals surface area contributed by atoms with Crippen LogP contribution in [0.3, 0.4) is 0 Å². The molecular weight excluding hydrogens is 178 g/mol. The van der Waals surface area contributed by atoms with Crippen molar-refractivity contribution < 1.29 is 9.84 Å². The molecule has 0 radical (unpaired) electrons. The van der Waals surface area contributed by atoms with E-state index in [4.69, 9.17) is 10.5 Å². The number of ether oxygens (including phenoxy) is 1. The average Bonchev–Trinajstić information content (AvgIpc) is 1.98. The maximum atomic E-state index is 9.49. The Morgan fingerprint density at radius 2 is 1.71 bits per heavy atom. The number of rotatable bonds is 7. The Bertz CT molecular complexity index is 150. The van der Waals surface area contributed by atoms with Crippen LogP contribution in [0.1, 0.15) is 47.0 Å². The Balaban J connectivity index is 3.65. The summed E-state index contributed by atoms with van der Waals surface area (Å²) < 4.78 is 5.69. The van der Waals surface area contributed by atoms with E-state index < -0.39 is 5.60 Å². The van der Waals surface area contributed by atoms with Gasteiger partial charge in [-0.25, -0.2) is 0 Å². The highest BCUT2D eigenvalue weighted by Gasteiger charge is 2.19. The van der Waals surface area contributed by atoms with Gasteiger partial charge in [0.1, 0.15) is 0 Å². The van der Waals surface area contributed by atoms with Crippen LogP contribution in [0.15, 0.2) is 0 Å². The Hall–Kier alpha value is -0.120. The largest absolute Gasteiger partial charge is 0.390 e. The van der Waals surface area contributed by atoms with Crippen LogP contribution in [0.5, 0.6) is 0 Å². The van der Waals surface area contributed by atoms with E-state index in [2.05, 4.69) is 13.8 Å².